The van der Waals surface area contributed by atoms with Gasteiger partial charge in [0.15, 0.2) is 0 Å². The zero-order chi connectivity index (χ0) is 23.1. The summed E-state index contributed by atoms with van der Waals surface area (Å²) in [7, 11) is 0. The van der Waals surface area contributed by atoms with E-state index in [0.717, 1.165) is 28.2 Å². The fourth-order valence-corrected chi connectivity index (χ4v) is 5.50. The fourth-order valence-electron chi connectivity index (χ4n) is 5.50. The molecule has 2 fully saturated rings. The number of fused-ring (bicyclic) bond motifs is 1. The van der Waals surface area contributed by atoms with E-state index in [4.69, 9.17) is 0 Å². The van der Waals surface area contributed by atoms with Crippen molar-refractivity contribution in [2.45, 2.75) is 57.1 Å². The van der Waals surface area contributed by atoms with E-state index in [0.29, 0.717) is 45.4 Å². The summed E-state index contributed by atoms with van der Waals surface area (Å²) in [4.78, 5) is 38.6. The van der Waals surface area contributed by atoms with Crippen molar-refractivity contribution < 1.29 is 14.7 Å². The van der Waals surface area contributed by atoms with Gasteiger partial charge in [0.1, 0.15) is 12.1 Å². The molecule has 174 valence electrons. The molecule has 2 aromatic rings. The van der Waals surface area contributed by atoms with Gasteiger partial charge in [0, 0.05) is 44.2 Å². The molecule has 0 unspecified atom stereocenters. The molecule has 2 N–H and O–H groups in total. The Morgan fingerprint density at radius 3 is 2.55 bits per heavy atom. The van der Waals surface area contributed by atoms with Crippen LogP contribution in [0.1, 0.15) is 66.5 Å². The van der Waals surface area contributed by atoms with Crippen molar-refractivity contribution in [3.05, 3.63) is 53.0 Å². The molecule has 4 atom stereocenters. The number of aromatic nitrogens is 2. The molecule has 0 saturated carbocycles. The van der Waals surface area contributed by atoms with Crippen molar-refractivity contribution in [2.75, 3.05) is 31.1 Å². The number of piperazine rings is 1. The molecule has 33 heavy (non-hydrogen) atoms. The maximum atomic E-state index is 13.7. The van der Waals surface area contributed by atoms with Crippen molar-refractivity contribution in [3.8, 4) is 0 Å². The van der Waals surface area contributed by atoms with Gasteiger partial charge in [0.2, 0.25) is 11.8 Å². The second-order valence-corrected chi connectivity index (χ2v) is 9.56. The summed E-state index contributed by atoms with van der Waals surface area (Å²) in [5.41, 5.74) is 3.88. The molecule has 1 aromatic carbocycles. The van der Waals surface area contributed by atoms with Crippen molar-refractivity contribution in [2.24, 2.45) is 0 Å². The predicted molar refractivity (Wildman–Crippen MR) is 124 cm³/mol. The van der Waals surface area contributed by atoms with Gasteiger partial charge in [0.25, 0.3) is 0 Å². The molecule has 0 bridgehead atoms. The van der Waals surface area contributed by atoms with Gasteiger partial charge in [0.05, 0.1) is 17.7 Å². The quantitative estimate of drug-likeness (QED) is 0.741. The first-order valence-electron chi connectivity index (χ1n) is 11.8. The summed E-state index contributed by atoms with van der Waals surface area (Å²) in [5.74, 6) is 0.810. The van der Waals surface area contributed by atoms with E-state index in [1.807, 2.05) is 36.1 Å². The summed E-state index contributed by atoms with van der Waals surface area (Å²) < 4.78 is 0. The van der Waals surface area contributed by atoms with Crippen LogP contribution in [0.5, 0.6) is 0 Å². The van der Waals surface area contributed by atoms with E-state index >= 15 is 0 Å². The van der Waals surface area contributed by atoms with Gasteiger partial charge in [-0.2, -0.15) is 0 Å². The van der Waals surface area contributed by atoms with Crippen LogP contribution in [0.25, 0.3) is 0 Å². The van der Waals surface area contributed by atoms with Crippen LogP contribution in [0.4, 0.5) is 5.82 Å². The minimum Gasteiger partial charge on any atom is -0.387 e. The second-order valence-electron chi connectivity index (χ2n) is 9.56. The topological polar surface area (TPSA) is 98.7 Å². The molecule has 1 aliphatic carbocycles. The molecule has 0 radical (unpaired) electrons. The number of hydrogen-bond acceptors (Lipinski definition) is 6. The second kappa shape index (κ2) is 8.74. The lowest BCUT2D eigenvalue weighted by molar-refractivity contribution is -0.133. The molecule has 1 aromatic heterocycles. The van der Waals surface area contributed by atoms with Crippen LogP contribution in [-0.2, 0) is 9.59 Å². The number of carbonyl (C=O) groups excluding carboxylic acids is 2. The number of anilines is 1. The Morgan fingerprint density at radius 1 is 1.15 bits per heavy atom. The molecule has 3 aliphatic rings. The highest BCUT2D eigenvalue weighted by Gasteiger charge is 2.39. The summed E-state index contributed by atoms with van der Waals surface area (Å²) in [5, 5.41) is 13.3. The van der Waals surface area contributed by atoms with Gasteiger partial charge >= 0.3 is 0 Å². The molecule has 8 heteroatoms. The smallest absolute Gasteiger partial charge is 0.232 e. The number of nitrogens with zero attached hydrogens (tertiary/aromatic N) is 4. The summed E-state index contributed by atoms with van der Waals surface area (Å²) in [6, 6.07) is 7.90. The number of nitrogens with one attached hydrogen (secondary N) is 1. The Hall–Kier alpha value is -3.00. The van der Waals surface area contributed by atoms with Gasteiger partial charge in [-0.15, -0.1) is 0 Å². The normalized spacial score (nSPS) is 25.7. The van der Waals surface area contributed by atoms with E-state index in [9.17, 15) is 14.7 Å². The lowest BCUT2D eigenvalue weighted by Gasteiger charge is -2.38. The number of aliphatic hydroxyl groups excluding tert-OH is 1. The summed E-state index contributed by atoms with van der Waals surface area (Å²) in [6.07, 6.45) is 2.82. The Labute approximate surface area is 194 Å². The van der Waals surface area contributed by atoms with Crippen molar-refractivity contribution in [1.82, 2.24) is 20.2 Å². The first-order valence-corrected chi connectivity index (χ1v) is 11.8. The largest absolute Gasteiger partial charge is 0.387 e. The maximum Gasteiger partial charge on any atom is 0.232 e. The molecule has 2 aliphatic heterocycles. The van der Waals surface area contributed by atoms with Crippen molar-refractivity contribution in [3.63, 3.8) is 0 Å². The lowest BCUT2D eigenvalue weighted by Crippen LogP contribution is -2.52. The summed E-state index contributed by atoms with van der Waals surface area (Å²) in [6.45, 7) is 6.67. The van der Waals surface area contributed by atoms with Gasteiger partial charge in [-0.1, -0.05) is 36.8 Å². The van der Waals surface area contributed by atoms with E-state index in [-0.39, 0.29) is 29.7 Å². The van der Waals surface area contributed by atoms with Crippen LogP contribution >= 0.6 is 0 Å². The maximum absolute atomic E-state index is 13.7. The van der Waals surface area contributed by atoms with Crippen LogP contribution < -0.4 is 10.2 Å². The molecular formula is C25H31N5O3. The van der Waals surface area contributed by atoms with Crippen LogP contribution in [0.2, 0.25) is 0 Å². The van der Waals surface area contributed by atoms with E-state index in [2.05, 4.69) is 27.1 Å². The molecule has 0 spiro atoms. The first-order chi connectivity index (χ1) is 15.9. The molecule has 8 nitrogen and oxygen atoms in total. The summed E-state index contributed by atoms with van der Waals surface area (Å²) >= 11 is 0. The van der Waals surface area contributed by atoms with Gasteiger partial charge in [-0.05, 0) is 31.2 Å². The lowest BCUT2D eigenvalue weighted by atomic mass is 9.88. The number of amides is 2. The monoisotopic (exact) mass is 449 g/mol. The van der Waals surface area contributed by atoms with Crippen LogP contribution in [-0.4, -0.2) is 64.0 Å². The first kappa shape index (κ1) is 21.8. The predicted octanol–water partition coefficient (Wildman–Crippen LogP) is 2.04. The molecular weight excluding hydrogens is 418 g/mol. The minimum absolute atomic E-state index is 0.0173. The highest BCUT2D eigenvalue weighted by Crippen LogP contribution is 2.42. The number of rotatable bonds is 4. The van der Waals surface area contributed by atoms with Crippen LogP contribution in [0.3, 0.4) is 0 Å². The van der Waals surface area contributed by atoms with Crippen LogP contribution in [0, 0.1) is 6.92 Å². The van der Waals surface area contributed by atoms with Crippen molar-refractivity contribution >= 4 is 17.6 Å². The Balaban J connectivity index is 1.33. The molecule has 2 amide bonds. The number of benzene rings is 1. The Morgan fingerprint density at radius 2 is 1.88 bits per heavy atom. The number of aliphatic hydroxyl groups is 1. The number of carbonyl (C=O) groups is 2. The van der Waals surface area contributed by atoms with Crippen LogP contribution in [0.15, 0.2) is 30.6 Å². The van der Waals surface area contributed by atoms with E-state index in [1.54, 1.807) is 0 Å². The van der Waals surface area contributed by atoms with E-state index in [1.165, 1.54) is 6.33 Å². The minimum atomic E-state index is -0.531. The average Bonchev–Trinajstić information content (AvgIpc) is 3.37. The van der Waals surface area contributed by atoms with E-state index < -0.39 is 6.10 Å². The zero-order valence-corrected chi connectivity index (χ0v) is 19.2. The van der Waals surface area contributed by atoms with Crippen molar-refractivity contribution in [1.29, 1.82) is 0 Å². The number of aryl methyl sites for hydroxylation is 1. The highest BCUT2D eigenvalue weighted by molar-refractivity contribution is 5.87. The third-order valence-electron chi connectivity index (χ3n) is 7.30. The Bertz CT molecular complexity index is 1050. The highest BCUT2D eigenvalue weighted by atomic mass is 16.3. The number of hydrogen-bond donors (Lipinski definition) is 2. The third-order valence-corrected chi connectivity index (χ3v) is 7.30. The Kier molecular flexibility index (Phi) is 5.78. The van der Waals surface area contributed by atoms with Gasteiger partial charge < -0.3 is 20.2 Å². The molecule has 2 saturated heterocycles. The zero-order valence-electron chi connectivity index (χ0n) is 19.2. The standard InChI is InChI=1S/C25H31N5O3/c1-15-3-5-17(6-4-15)22(18-7-8-20(32)28-18)25(33)30-11-9-29(10-12-30)24-21-16(2)13-19(31)23(21)26-14-27-24/h3-6,14,16,18-19,22,31H,7-13H2,1-2H3,(H,28,32)/t16-,18-,19-,22+/m1/s1. The molecule has 5 rings (SSSR count). The third kappa shape index (κ3) is 4.08. The molecule has 3 heterocycles. The SMILES string of the molecule is Cc1ccc([C@H](C(=O)N2CCN(c3ncnc4c3[C@H](C)C[C@H]4O)CC2)[C@H]2CCC(=O)N2)cc1. The van der Waals surface area contributed by atoms with Gasteiger partial charge in [-0.25, -0.2) is 9.97 Å². The van der Waals surface area contributed by atoms with Gasteiger partial charge in [-0.3, -0.25) is 9.59 Å². The average molecular weight is 450 g/mol. The fraction of sp³-hybridized carbons (Fsp3) is 0.520.